The van der Waals surface area contributed by atoms with E-state index in [9.17, 15) is 9.90 Å². The number of benzene rings is 1. The topological polar surface area (TPSA) is 55.8 Å². The summed E-state index contributed by atoms with van der Waals surface area (Å²) in [5.74, 6) is 1.43. The lowest BCUT2D eigenvalue weighted by molar-refractivity contribution is -0.108. The minimum Gasteiger partial charge on any atom is -0.508 e. The fourth-order valence-corrected chi connectivity index (χ4v) is 2.92. The predicted octanol–water partition coefficient (Wildman–Crippen LogP) is 3.72. The second-order valence-electron chi connectivity index (χ2n) is 5.80. The number of methoxy groups -OCH3 is 1. The van der Waals surface area contributed by atoms with Gasteiger partial charge in [-0.05, 0) is 44.6 Å². The monoisotopic (exact) mass is 292 g/mol. The average Bonchev–Trinajstić information content (AvgIpc) is 2.96. The minimum absolute atomic E-state index is 0.0145. The van der Waals surface area contributed by atoms with Crippen molar-refractivity contribution in [3.05, 3.63) is 17.2 Å². The van der Waals surface area contributed by atoms with E-state index in [1.54, 1.807) is 13.2 Å². The maximum atomic E-state index is 10.8. The molecule has 116 valence electrons. The zero-order chi connectivity index (χ0) is 15.4. The molecule has 4 nitrogen and oxygen atoms in total. The zero-order valence-corrected chi connectivity index (χ0v) is 13.0. The van der Waals surface area contributed by atoms with E-state index in [0.29, 0.717) is 23.5 Å². The Bertz CT molecular complexity index is 504. The van der Waals surface area contributed by atoms with E-state index in [4.69, 9.17) is 9.47 Å². The van der Waals surface area contributed by atoms with E-state index < -0.39 is 0 Å². The van der Waals surface area contributed by atoms with Crippen molar-refractivity contribution in [2.24, 2.45) is 0 Å². The molecular formula is C17H24O4. The standard InChI is InChI=1S/C17H24O4/c1-11(8-9-18)14-10-15(19)12(2)16(20-3)17(14)21-13-6-4-5-7-13/h9-11,13,19H,4-8H2,1-3H3. The van der Waals surface area contributed by atoms with Gasteiger partial charge in [-0.15, -0.1) is 0 Å². The van der Waals surface area contributed by atoms with Gasteiger partial charge in [0.15, 0.2) is 11.5 Å². The van der Waals surface area contributed by atoms with Gasteiger partial charge < -0.3 is 19.4 Å². The molecule has 1 N–H and O–H groups in total. The van der Waals surface area contributed by atoms with Crippen LogP contribution in [-0.2, 0) is 4.79 Å². The fourth-order valence-electron chi connectivity index (χ4n) is 2.92. The summed E-state index contributed by atoms with van der Waals surface area (Å²) in [6, 6.07) is 1.70. The van der Waals surface area contributed by atoms with Gasteiger partial charge in [0.25, 0.3) is 0 Å². The molecule has 0 radical (unpaired) electrons. The zero-order valence-electron chi connectivity index (χ0n) is 13.0. The molecular weight excluding hydrogens is 268 g/mol. The molecule has 1 aromatic rings. The molecule has 21 heavy (non-hydrogen) atoms. The van der Waals surface area contributed by atoms with Crippen LogP contribution in [0.1, 0.15) is 56.1 Å². The lowest BCUT2D eigenvalue weighted by atomic mass is 9.95. The van der Waals surface area contributed by atoms with Gasteiger partial charge >= 0.3 is 0 Å². The summed E-state index contributed by atoms with van der Waals surface area (Å²) in [5, 5.41) is 10.1. The lowest BCUT2D eigenvalue weighted by Gasteiger charge is -2.23. The van der Waals surface area contributed by atoms with Crippen LogP contribution in [0.25, 0.3) is 0 Å². The number of phenols is 1. The molecule has 1 fully saturated rings. The normalized spacial score (nSPS) is 16.7. The maximum absolute atomic E-state index is 10.8. The van der Waals surface area contributed by atoms with Crippen molar-refractivity contribution in [2.45, 2.75) is 58.0 Å². The number of carbonyl (C=O) groups excluding carboxylic acids is 1. The van der Waals surface area contributed by atoms with Crippen molar-refractivity contribution in [1.82, 2.24) is 0 Å². The van der Waals surface area contributed by atoms with E-state index in [1.807, 2.05) is 13.8 Å². The molecule has 1 aliphatic carbocycles. The number of rotatable bonds is 6. The van der Waals surface area contributed by atoms with Crippen LogP contribution in [0.4, 0.5) is 0 Å². The van der Waals surface area contributed by atoms with Crippen LogP contribution in [0, 0.1) is 6.92 Å². The Hall–Kier alpha value is -1.71. The summed E-state index contributed by atoms with van der Waals surface area (Å²) >= 11 is 0. The van der Waals surface area contributed by atoms with Gasteiger partial charge in [-0.3, -0.25) is 0 Å². The Morgan fingerprint density at radius 1 is 1.38 bits per heavy atom. The highest BCUT2D eigenvalue weighted by Gasteiger charge is 2.25. The summed E-state index contributed by atoms with van der Waals surface area (Å²) in [6.07, 6.45) is 5.95. The number of ether oxygens (including phenoxy) is 2. The maximum Gasteiger partial charge on any atom is 0.167 e. The molecule has 0 spiro atoms. The van der Waals surface area contributed by atoms with E-state index in [-0.39, 0.29) is 17.8 Å². The smallest absolute Gasteiger partial charge is 0.167 e. The van der Waals surface area contributed by atoms with Crippen LogP contribution in [-0.4, -0.2) is 24.6 Å². The first-order chi connectivity index (χ1) is 10.1. The van der Waals surface area contributed by atoms with Gasteiger partial charge in [-0.25, -0.2) is 0 Å². The summed E-state index contributed by atoms with van der Waals surface area (Å²) < 4.78 is 11.6. The number of aromatic hydroxyl groups is 1. The summed E-state index contributed by atoms with van der Waals surface area (Å²) in [7, 11) is 1.58. The van der Waals surface area contributed by atoms with Crippen molar-refractivity contribution >= 4 is 6.29 Å². The first-order valence-electron chi connectivity index (χ1n) is 7.59. The first-order valence-corrected chi connectivity index (χ1v) is 7.59. The van der Waals surface area contributed by atoms with Crippen LogP contribution in [0.3, 0.4) is 0 Å². The third kappa shape index (κ3) is 3.31. The molecule has 1 unspecified atom stereocenters. The second-order valence-corrected chi connectivity index (χ2v) is 5.80. The molecule has 0 saturated heterocycles. The Balaban J connectivity index is 2.44. The van der Waals surface area contributed by atoms with Crippen molar-refractivity contribution < 1.29 is 19.4 Å². The largest absolute Gasteiger partial charge is 0.508 e. The number of carbonyl (C=O) groups is 1. The first kappa shape index (κ1) is 15.7. The second kappa shape index (κ2) is 6.83. The number of hydrogen-bond acceptors (Lipinski definition) is 4. The SMILES string of the molecule is COc1c(C)c(O)cc(C(C)CC=O)c1OC1CCCC1. The van der Waals surface area contributed by atoms with Crippen LogP contribution < -0.4 is 9.47 Å². The van der Waals surface area contributed by atoms with Crippen LogP contribution in [0.15, 0.2) is 6.07 Å². The molecule has 0 heterocycles. The minimum atomic E-state index is -0.0145. The summed E-state index contributed by atoms with van der Waals surface area (Å²) in [4.78, 5) is 10.8. The van der Waals surface area contributed by atoms with Gasteiger partial charge in [0.1, 0.15) is 12.0 Å². The van der Waals surface area contributed by atoms with Crippen molar-refractivity contribution in [3.63, 3.8) is 0 Å². The summed E-state index contributed by atoms with van der Waals surface area (Å²) in [5.41, 5.74) is 1.52. The lowest BCUT2D eigenvalue weighted by Crippen LogP contribution is -2.14. The number of aldehydes is 1. The van der Waals surface area contributed by atoms with Gasteiger partial charge in [0.2, 0.25) is 0 Å². The molecule has 1 atom stereocenters. The van der Waals surface area contributed by atoms with Gasteiger partial charge in [0.05, 0.1) is 13.2 Å². The van der Waals surface area contributed by atoms with Gasteiger partial charge in [0, 0.05) is 17.5 Å². The average molecular weight is 292 g/mol. The van der Waals surface area contributed by atoms with E-state index in [1.165, 1.54) is 12.8 Å². The van der Waals surface area contributed by atoms with Gasteiger partial charge in [-0.2, -0.15) is 0 Å². The van der Waals surface area contributed by atoms with Crippen molar-refractivity contribution in [3.8, 4) is 17.2 Å². The molecule has 1 saturated carbocycles. The highest BCUT2D eigenvalue weighted by atomic mass is 16.5. The molecule has 1 aromatic carbocycles. The van der Waals surface area contributed by atoms with Crippen LogP contribution in [0.2, 0.25) is 0 Å². The molecule has 4 heteroatoms. The van der Waals surface area contributed by atoms with Gasteiger partial charge in [-0.1, -0.05) is 6.92 Å². The highest BCUT2D eigenvalue weighted by Crippen LogP contribution is 2.44. The van der Waals surface area contributed by atoms with E-state index >= 15 is 0 Å². The Morgan fingerprint density at radius 3 is 2.62 bits per heavy atom. The Kier molecular flexibility index (Phi) is 5.10. The highest BCUT2D eigenvalue weighted by molar-refractivity contribution is 5.60. The quantitative estimate of drug-likeness (QED) is 0.812. The third-order valence-corrected chi connectivity index (χ3v) is 4.26. The molecule has 0 aliphatic heterocycles. The van der Waals surface area contributed by atoms with Crippen LogP contribution >= 0.6 is 0 Å². The molecule has 2 rings (SSSR count). The molecule has 0 amide bonds. The molecule has 0 bridgehead atoms. The van der Waals surface area contributed by atoms with Crippen molar-refractivity contribution in [2.75, 3.05) is 7.11 Å². The Morgan fingerprint density at radius 2 is 2.05 bits per heavy atom. The summed E-state index contributed by atoms with van der Waals surface area (Å²) in [6.45, 7) is 3.77. The molecule has 1 aliphatic rings. The Labute approximate surface area is 126 Å². The van der Waals surface area contributed by atoms with Crippen LogP contribution in [0.5, 0.6) is 17.2 Å². The van der Waals surface area contributed by atoms with E-state index in [2.05, 4.69) is 0 Å². The molecule has 0 aromatic heterocycles. The third-order valence-electron chi connectivity index (χ3n) is 4.26. The number of phenolic OH excluding ortho intramolecular Hbond substituents is 1. The van der Waals surface area contributed by atoms with Crippen molar-refractivity contribution in [1.29, 1.82) is 0 Å². The van der Waals surface area contributed by atoms with E-state index in [0.717, 1.165) is 24.7 Å². The fraction of sp³-hybridized carbons (Fsp3) is 0.588. The predicted molar refractivity (Wildman–Crippen MR) is 81.4 cm³/mol. The number of hydrogen-bond donors (Lipinski definition) is 1.